The third-order valence-electron chi connectivity index (χ3n) is 2.99. The van der Waals surface area contributed by atoms with Gasteiger partial charge < -0.3 is 0 Å². The molecule has 0 bridgehead atoms. The minimum atomic E-state index is 0.964. The Morgan fingerprint density at radius 3 is 1.50 bits per heavy atom. The zero-order valence-electron chi connectivity index (χ0n) is 11.2. The Bertz CT molecular complexity index is 177. The second-order valence-electron chi connectivity index (χ2n) is 4.47. The molecule has 16 heavy (non-hydrogen) atoms. The molecule has 0 atom stereocenters. The molecule has 0 N–H and O–H groups in total. The third-order valence-corrected chi connectivity index (χ3v) is 4.01. The first kappa shape index (κ1) is 15.8. The highest BCUT2D eigenvalue weighted by molar-refractivity contribution is 7.98. The highest BCUT2D eigenvalue weighted by atomic mass is 32.2. The summed E-state index contributed by atoms with van der Waals surface area (Å²) in [6, 6.07) is 0. The summed E-state index contributed by atoms with van der Waals surface area (Å²) >= 11 is 1.49. The van der Waals surface area contributed by atoms with E-state index >= 15 is 0 Å². The second kappa shape index (κ2) is 9.99. The summed E-state index contributed by atoms with van der Waals surface area (Å²) in [5, 5.41) is 11.3. The first-order valence-electron chi connectivity index (χ1n) is 6.68. The SMILES string of the molecule is CCCC[N+](CCCC)(CCCC)SC#N. The van der Waals surface area contributed by atoms with Crippen LogP contribution in [0.3, 0.4) is 0 Å². The number of quaternary nitrogens is 1. The van der Waals surface area contributed by atoms with E-state index in [0.29, 0.717) is 0 Å². The van der Waals surface area contributed by atoms with E-state index < -0.39 is 0 Å². The molecule has 2 nitrogen and oxygen atoms in total. The van der Waals surface area contributed by atoms with E-state index in [0.717, 1.165) is 23.5 Å². The smallest absolute Gasteiger partial charge is 0.196 e. The first-order chi connectivity index (χ1) is 7.74. The topological polar surface area (TPSA) is 23.8 Å². The number of unbranched alkanes of at least 4 members (excludes halogenated alkanes) is 3. The highest BCUT2D eigenvalue weighted by Gasteiger charge is 2.27. The lowest BCUT2D eigenvalue weighted by atomic mass is 10.2. The molecular weight excluding hydrogens is 216 g/mol. The summed E-state index contributed by atoms with van der Waals surface area (Å²) < 4.78 is 0.964. The van der Waals surface area contributed by atoms with Crippen LogP contribution in [-0.4, -0.2) is 23.5 Å². The van der Waals surface area contributed by atoms with Crippen LogP contribution in [0.1, 0.15) is 59.3 Å². The third kappa shape index (κ3) is 6.40. The molecule has 0 heterocycles. The van der Waals surface area contributed by atoms with Crippen LogP contribution in [0.2, 0.25) is 0 Å². The molecule has 0 aromatic carbocycles. The molecule has 0 rings (SSSR count). The van der Waals surface area contributed by atoms with Crippen molar-refractivity contribution < 1.29 is 3.89 Å². The Kier molecular flexibility index (Phi) is 9.86. The number of nitriles is 1. The number of thiocyanates is 1. The van der Waals surface area contributed by atoms with E-state index in [4.69, 9.17) is 5.26 Å². The average molecular weight is 243 g/mol. The van der Waals surface area contributed by atoms with Gasteiger partial charge in [-0.3, -0.25) is 0 Å². The van der Waals surface area contributed by atoms with Gasteiger partial charge in [0.05, 0.1) is 19.6 Å². The number of hydrogen-bond acceptors (Lipinski definition) is 2. The first-order valence-corrected chi connectivity index (χ1v) is 7.45. The molecule has 0 aliphatic heterocycles. The molecule has 3 heteroatoms. The Morgan fingerprint density at radius 2 is 1.25 bits per heavy atom. The molecule has 0 saturated carbocycles. The summed E-state index contributed by atoms with van der Waals surface area (Å²) in [4.78, 5) is 0. The molecule has 0 aliphatic rings. The summed E-state index contributed by atoms with van der Waals surface area (Å²) in [5.74, 6) is 0. The lowest BCUT2D eigenvalue weighted by molar-refractivity contribution is -0.795. The Hall–Kier alpha value is -0.200. The monoisotopic (exact) mass is 243 g/mol. The van der Waals surface area contributed by atoms with E-state index in [9.17, 15) is 0 Å². The van der Waals surface area contributed by atoms with Crippen molar-refractivity contribution in [2.24, 2.45) is 0 Å². The zero-order valence-corrected chi connectivity index (χ0v) is 12.0. The van der Waals surface area contributed by atoms with E-state index in [1.54, 1.807) is 0 Å². The van der Waals surface area contributed by atoms with Crippen molar-refractivity contribution in [2.45, 2.75) is 59.3 Å². The van der Waals surface area contributed by atoms with Crippen LogP contribution in [-0.2, 0) is 0 Å². The van der Waals surface area contributed by atoms with Gasteiger partial charge in [0.1, 0.15) is 0 Å². The van der Waals surface area contributed by atoms with Crippen molar-refractivity contribution in [1.29, 1.82) is 5.26 Å². The maximum absolute atomic E-state index is 9.00. The second-order valence-corrected chi connectivity index (χ2v) is 5.61. The van der Waals surface area contributed by atoms with Crippen LogP contribution in [0, 0.1) is 10.7 Å². The van der Waals surface area contributed by atoms with Crippen LogP contribution in [0.15, 0.2) is 0 Å². The van der Waals surface area contributed by atoms with Gasteiger partial charge in [-0.25, -0.2) is 3.89 Å². The zero-order chi connectivity index (χ0) is 12.3. The summed E-state index contributed by atoms with van der Waals surface area (Å²) in [6.45, 7) is 10.2. The standard InChI is InChI=1S/C13H27N2S/c1-4-7-10-15(16-13-14,11-8-5-2)12-9-6-3/h4-12H2,1-3H3/q+1. The van der Waals surface area contributed by atoms with Crippen molar-refractivity contribution >= 4 is 11.9 Å². The van der Waals surface area contributed by atoms with Gasteiger partial charge >= 0.3 is 0 Å². The Balaban J connectivity index is 4.39. The van der Waals surface area contributed by atoms with E-state index in [1.807, 2.05) is 0 Å². The minimum absolute atomic E-state index is 0.964. The van der Waals surface area contributed by atoms with Crippen molar-refractivity contribution in [3.8, 4) is 5.40 Å². The molecule has 0 radical (unpaired) electrons. The van der Waals surface area contributed by atoms with Gasteiger partial charge in [0.15, 0.2) is 17.3 Å². The van der Waals surface area contributed by atoms with Crippen LogP contribution in [0.25, 0.3) is 0 Å². The van der Waals surface area contributed by atoms with Crippen molar-refractivity contribution in [2.75, 3.05) is 19.6 Å². The number of nitrogens with zero attached hydrogens (tertiary/aromatic N) is 2. The van der Waals surface area contributed by atoms with Gasteiger partial charge in [0.25, 0.3) is 0 Å². The lowest BCUT2D eigenvalue weighted by Crippen LogP contribution is -2.43. The number of hydrogen-bond donors (Lipinski definition) is 0. The fraction of sp³-hybridized carbons (Fsp3) is 0.923. The molecule has 0 aromatic heterocycles. The molecular formula is C13H27N2S+. The normalized spacial score (nSPS) is 11.4. The van der Waals surface area contributed by atoms with Crippen LogP contribution in [0.4, 0.5) is 0 Å². The van der Waals surface area contributed by atoms with E-state index in [2.05, 4.69) is 26.2 Å². The lowest BCUT2D eigenvalue weighted by Gasteiger charge is -2.33. The maximum Gasteiger partial charge on any atom is 0.196 e. The summed E-state index contributed by atoms with van der Waals surface area (Å²) in [6.07, 6.45) is 7.39. The molecule has 0 aliphatic carbocycles. The fourth-order valence-corrected chi connectivity index (χ4v) is 2.73. The minimum Gasteiger partial charge on any atom is -0.248 e. The van der Waals surface area contributed by atoms with Gasteiger partial charge in [0.2, 0.25) is 0 Å². The molecule has 0 unspecified atom stereocenters. The van der Waals surface area contributed by atoms with Crippen LogP contribution >= 0.6 is 11.9 Å². The predicted molar refractivity (Wildman–Crippen MR) is 72.8 cm³/mol. The average Bonchev–Trinajstić information content (AvgIpc) is 2.31. The molecule has 0 amide bonds. The molecule has 0 saturated heterocycles. The van der Waals surface area contributed by atoms with Gasteiger partial charge in [-0.05, 0) is 19.3 Å². The van der Waals surface area contributed by atoms with Crippen molar-refractivity contribution in [3.63, 3.8) is 0 Å². The molecule has 0 spiro atoms. The predicted octanol–water partition coefficient (Wildman–Crippen LogP) is 4.33. The number of rotatable bonds is 10. The fourth-order valence-electron chi connectivity index (χ4n) is 1.90. The Labute approximate surface area is 106 Å². The van der Waals surface area contributed by atoms with Crippen molar-refractivity contribution in [1.82, 2.24) is 0 Å². The largest absolute Gasteiger partial charge is 0.248 e. The highest BCUT2D eigenvalue weighted by Crippen LogP contribution is 2.25. The Morgan fingerprint density at radius 1 is 0.875 bits per heavy atom. The van der Waals surface area contributed by atoms with Gasteiger partial charge in [-0.15, -0.1) is 0 Å². The van der Waals surface area contributed by atoms with Crippen molar-refractivity contribution in [3.05, 3.63) is 0 Å². The quantitative estimate of drug-likeness (QED) is 0.324. The molecule has 0 fully saturated rings. The maximum atomic E-state index is 9.00. The van der Waals surface area contributed by atoms with Gasteiger partial charge in [0, 0.05) is 0 Å². The van der Waals surface area contributed by atoms with E-state index in [-0.39, 0.29) is 0 Å². The van der Waals surface area contributed by atoms with Crippen LogP contribution < -0.4 is 0 Å². The van der Waals surface area contributed by atoms with Gasteiger partial charge in [-0.1, -0.05) is 40.0 Å². The molecule has 0 aromatic rings. The summed E-state index contributed by atoms with van der Waals surface area (Å²) in [7, 11) is 0. The van der Waals surface area contributed by atoms with E-state index in [1.165, 1.54) is 50.5 Å². The molecule has 94 valence electrons. The van der Waals surface area contributed by atoms with Gasteiger partial charge in [-0.2, -0.15) is 5.26 Å². The summed E-state index contributed by atoms with van der Waals surface area (Å²) in [5.41, 5.74) is 0. The van der Waals surface area contributed by atoms with Crippen LogP contribution in [0.5, 0.6) is 0 Å².